The number of nitrogens with two attached hydrogens (primary N) is 1. The topological polar surface area (TPSA) is 70.0 Å². The largest absolute Gasteiger partial charge is 0.397 e. The maximum Gasteiger partial charge on any atom is 0.0672 e. The van der Waals surface area contributed by atoms with Crippen LogP contribution >= 0.6 is 0 Å². The highest BCUT2D eigenvalue weighted by Gasteiger charge is 2.14. The van der Waals surface area contributed by atoms with Crippen molar-refractivity contribution in [3.8, 4) is 0 Å². The first-order valence-electron chi connectivity index (χ1n) is 7.41. The molecule has 2 heterocycles. The number of nitrogens with zero attached hydrogens (tertiary/aromatic N) is 2. The van der Waals surface area contributed by atoms with Crippen LogP contribution in [0.5, 0.6) is 0 Å². The van der Waals surface area contributed by atoms with Gasteiger partial charge in [0.2, 0.25) is 0 Å². The van der Waals surface area contributed by atoms with Crippen LogP contribution < -0.4 is 11.1 Å². The third-order valence-electron chi connectivity index (χ3n) is 4.23. The van der Waals surface area contributed by atoms with Crippen molar-refractivity contribution >= 4 is 22.3 Å². The lowest BCUT2D eigenvalue weighted by molar-refractivity contribution is 0.199. The van der Waals surface area contributed by atoms with Crippen LogP contribution in [0.15, 0.2) is 18.3 Å². The summed E-state index contributed by atoms with van der Waals surface area (Å²) in [5, 5.41) is 11.5. The van der Waals surface area contributed by atoms with Gasteiger partial charge in [-0.2, -0.15) is 5.10 Å². The van der Waals surface area contributed by atoms with Crippen molar-refractivity contribution in [2.24, 2.45) is 5.92 Å². The maximum atomic E-state index is 6.07. The Morgan fingerprint density at radius 3 is 3.00 bits per heavy atom. The zero-order chi connectivity index (χ0) is 13.9. The second-order valence-corrected chi connectivity index (χ2v) is 5.85. The lowest BCUT2D eigenvalue weighted by Gasteiger charge is -2.30. The standard InChI is InChI=1S/C15H23N5/c1-11-2-5-20(6-3-11)7-4-17-15-9-14-12(8-13(15)16)10-18-19-14/h8-11,17H,2-7,16H2,1H3,(H,18,19). The van der Waals surface area contributed by atoms with Crippen LogP contribution in [0.3, 0.4) is 0 Å². The van der Waals surface area contributed by atoms with Crippen LogP contribution in [0.25, 0.3) is 10.9 Å². The zero-order valence-electron chi connectivity index (χ0n) is 12.0. The lowest BCUT2D eigenvalue weighted by Crippen LogP contribution is -2.36. The Hall–Kier alpha value is -1.75. The molecule has 0 spiro atoms. The molecule has 5 nitrogen and oxygen atoms in total. The van der Waals surface area contributed by atoms with E-state index in [0.717, 1.165) is 41.3 Å². The van der Waals surface area contributed by atoms with Gasteiger partial charge in [-0.15, -0.1) is 0 Å². The minimum absolute atomic E-state index is 0.783. The molecule has 3 rings (SSSR count). The Labute approximate surface area is 119 Å². The Bertz CT molecular complexity index is 569. The molecule has 0 atom stereocenters. The summed E-state index contributed by atoms with van der Waals surface area (Å²) in [4.78, 5) is 2.53. The van der Waals surface area contributed by atoms with Gasteiger partial charge in [0.05, 0.1) is 23.1 Å². The number of likely N-dealkylation sites (tertiary alicyclic amines) is 1. The summed E-state index contributed by atoms with van der Waals surface area (Å²) in [6, 6.07) is 4.00. The number of rotatable bonds is 4. The van der Waals surface area contributed by atoms with Crippen molar-refractivity contribution in [3.05, 3.63) is 18.3 Å². The highest BCUT2D eigenvalue weighted by molar-refractivity contribution is 5.88. The van der Waals surface area contributed by atoms with E-state index in [0.29, 0.717) is 0 Å². The predicted molar refractivity (Wildman–Crippen MR) is 83.8 cm³/mol. The predicted octanol–water partition coefficient (Wildman–Crippen LogP) is 2.29. The van der Waals surface area contributed by atoms with Gasteiger partial charge < -0.3 is 16.0 Å². The van der Waals surface area contributed by atoms with E-state index in [1.807, 2.05) is 12.1 Å². The molecular weight excluding hydrogens is 250 g/mol. The molecule has 1 saturated heterocycles. The van der Waals surface area contributed by atoms with Gasteiger partial charge in [-0.3, -0.25) is 5.10 Å². The SMILES string of the molecule is CC1CCN(CCNc2cc3[nH]ncc3cc2N)CC1. The zero-order valence-corrected chi connectivity index (χ0v) is 12.0. The number of anilines is 2. The summed E-state index contributed by atoms with van der Waals surface area (Å²) in [7, 11) is 0. The van der Waals surface area contributed by atoms with E-state index in [1.165, 1.54) is 25.9 Å². The number of fused-ring (bicyclic) bond motifs is 1. The molecule has 5 heteroatoms. The van der Waals surface area contributed by atoms with Crippen LogP contribution in [-0.4, -0.2) is 41.3 Å². The Kier molecular flexibility index (Phi) is 3.78. The van der Waals surface area contributed by atoms with Gasteiger partial charge in [0, 0.05) is 18.5 Å². The fourth-order valence-electron chi connectivity index (χ4n) is 2.80. The molecule has 0 aliphatic carbocycles. The van der Waals surface area contributed by atoms with E-state index >= 15 is 0 Å². The molecule has 1 aliphatic rings. The van der Waals surface area contributed by atoms with Gasteiger partial charge in [-0.1, -0.05) is 6.92 Å². The highest BCUT2D eigenvalue weighted by atomic mass is 15.1. The number of hydrogen-bond donors (Lipinski definition) is 3. The third-order valence-corrected chi connectivity index (χ3v) is 4.23. The number of benzene rings is 1. The molecule has 1 aliphatic heterocycles. The fraction of sp³-hybridized carbons (Fsp3) is 0.533. The minimum atomic E-state index is 0.783. The van der Waals surface area contributed by atoms with Crippen molar-refractivity contribution in [1.29, 1.82) is 0 Å². The number of piperidine rings is 1. The lowest BCUT2D eigenvalue weighted by atomic mass is 9.99. The minimum Gasteiger partial charge on any atom is -0.397 e. The molecule has 0 radical (unpaired) electrons. The number of nitrogen functional groups attached to an aromatic ring is 1. The second-order valence-electron chi connectivity index (χ2n) is 5.85. The van der Waals surface area contributed by atoms with Gasteiger partial charge in [0.25, 0.3) is 0 Å². The first kappa shape index (κ1) is 13.2. The van der Waals surface area contributed by atoms with Crippen molar-refractivity contribution in [2.75, 3.05) is 37.2 Å². The van der Waals surface area contributed by atoms with Crippen LogP contribution in [0, 0.1) is 5.92 Å². The van der Waals surface area contributed by atoms with Gasteiger partial charge in [0.15, 0.2) is 0 Å². The Morgan fingerprint density at radius 2 is 2.20 bits per heavy atom. The maximum absolute atomic E-state index is 6.07. The summed E-state index contributed by atoms with van der Waals surface area (Å²) in [6.45, 7) is 6.79. The van der Waals surface area contributed by atoms with Crippen LogP contribution in [0.2, 0.25) is 0 Å². The summed E-state index contributed by atoms with van der Waals surface area (Å²) >= 11 is 0. The molecular formula is C15H23N5. The molecule has 2 aromatic rings. The molecule has 1 fully saturated rings. The number of aromatic nitrogens is 2. The first-order valence-corrected chi connectivity index (χ1v) is 7.41. The average molecular weight is 273 g/mol. The average Bonchev–Trinajstić information content (AvgIpc) is 2.88. The molecule has 0 saturated carbocycles. The first-order chi connectivity index (χ1) is 9.72. The van der Waals surface area contributed by atoms with E-state index in [9.17, 15) is 0 Å². The van der Waals surface area contributed by atoms with Gasteiger partial charge >= 0.3 is 0 Å². The quantitative estimate of drug-likeness (QED) is 0.748. The number of H-pyrrole nitrogens is 1. The summed E-state index contributed by atoms with van der Waals surface area (Å²) in [5.41, 5.74) is 8.86. The normalized spacial score (nSPS) is 17.6. The summed E-state index contributed by atoms with van der Waals surface area (Å²) in [5.74, 6) is 0.887. The monoisotopic (exact) mass is 273 g/mol. The molecule has 0 amide bonds. The highest BCUT2D eigenvalue weighted by Crippen LogP contribution is 2.24. The molecule has 1 aromatic heterocycles. The van der Waals surface area contributed by atoms with Gasteiger partial charge in [-0.05, 0) is 44.0 Å². The van der Waals surface area contributed by atoms with Gasteiger partial charge in [0.1, 0.15) is 0 Å². The fourth-order valence-corrected chi connectivity index (χ4v) is 2.80. The van der Waals surface area contributed by atoms with E-state index in [-0.39, 0.29) is 0 Å². The molecule has 20 heavy (non-hydrogen) atoms. The third kappa shape index (κ3) is 2.88. The molecule has 0 unspecified atom stereocenters. The molecule has 108 valence electrons. The van der Waals surface area contributed by atoms with Crippen LogP contribution in [-0.2, 0) is 0 Å². The van der Waals surface area contributed by atoms with Crippen LogP contribution in [0.1, 0.15) is 19.8 Å². The Balaban J connectivity index is 1.55. The van der Waals surface area contributed by atoms with Crippen molar-refractivity contribution < 1.29 is 0 Å². The van der Waals surface area contributed by atoms with E-state index < -0.39 is 0 Å². The molecule has 0 bridgehead atoms. The van der Waals surface area contributed by atoms with E-state index in [4.69, 9.17) is 5.73 Å². The summed E-state index contributed by atoms with van der Waals surface area (Å²) in [6.07, 6.45) is 4.44. The van der Waals surface area contributed by atoms with Crippen LogP contribution in [0.4, 0.5) is 11.4 Å². The van der Waals surface area contributed by atoms with Crippen molar-refractivity contribution in [1.82, 2.24) is 15.1 Å². The van der Waals surface area contributed by atoms with Gasteiger partial charge in [-0.25, -0.2) is 0 Å². The number of aromatic amines is 1. The smallest absolute Gasteiger partial charge is 0.0672 e. The summed E-state index contributed by atoms with van der Waals surface area (Å²) < 4.78 is 0. The van der Waals surface area contributed by atoms with Crippen molar-refractivity contribution in [2.45, 2.75) is 19.8 Å². The Morgan fingerprint density at radius 1 is 1.40 bits per heavy atom. The van der Waals surface area contributed by atoms with E-state index in [1.54, 1.807) is 6.20 Å². The molecule has 4 N–H and O–H groups in total. The molecule has 1 aromatic carbocycles. The number of nitrogens with one attached hydrogen (secondary N) is 2. The van der Waals surface area contributed by atoms with E-state index in [2.05, 4.69) is 27.3 Å². The second kappa shape index (κ2) is 5.71. The van der Waals surface area contributed by atoms with Crippen molar-refractivity contribution in [3.63, 3.8) is 0 Å². The number of hydrogen-bond acceptors (Lipinski definition) is 4.